The van der Waals surface area contributed by atoms with Crippen LogP contribution in [-0.4, -0.2) is 0 Å². The van der Waals surface area contributed by atoms with Crippen LogP contribution < -0.4 is 12.6 Å². The molecule has 3 rings (SSSR count). The van der Waals surface area contributed by atoms with Crippen molar-refractivity contribution in [1.82, 2.24) is 0 Å². The van der Waals surface area contributed by atoms with Gasteiger partial charge in [-0.25, -0.2) is 0 Å². The van der Waals surface area contributed by atoms with E-state index in [2.05, 4.69) is 0 Å². The highest BCUT2D eigenvalue weighted by molar-refractivity contribution is 7.38. The van der Waals surface area contributed by atoms with Crippen LogP contribution in [0.2, 0.25) is 0 Å². The first-order valence-electron chi connectivity index (χ1n) is 6.56. The minimum atomic E-state index is -4.14. The largest absolute Gasteiger partial charge is 0.600 e. The van der Waals surface area contributed by atoms with E-state index in [9.17, 15) is 13.2 Å². The van der Waals surface area contributed by atoms with Crippen molar-refractivity contribution in [2.45, 2.75) is 37.6 Å². The van der Waals surface area contributed by atoms with Crippen LogP contribution in [0.1, 0.15) is 35.6 Å². The summed E-state index contributed by atoms with van der Waals surface area (Å²) >= 11 is -3.65. The molecular formula is C14H14BrF3O3S. The predicted molar refractivity (Wildman–Crippen MR) is 69.1 cm³/mol. The highest BCUT2D eigenvalue weighted by Gasteiger charge is 2.50. The number of thiophene rings is 1. The fourth-order valence-electron chi connectivity index (χ4n) is 2.54. The van der Waals surface area contributed by atoms with E-state index in [0.717, 1.165) is 30.2 Å². The average Bonchev–Trinajstić information content (AvgIpc) is 2.62. The fourth-order valence-corrected chi connectivity index (χ4v) is 4.68. The molecule has 1 aromatic heterocycles. The summed E-state index contributed by atoms with van der Waals surface area (Å²) in [6.07, 6.45) is 2.89. The lowest BCUT2D eigenvalue weighted by Crippen LogP contribution is -2.42. The lowest BCUT2D eigenvalue weighted by atomic mass is 9.84. The zero-order chi connectivity index (χ0) is 16.5. The first-order chi connectivity index (χ1) is 10.2. The van der Waals surface area contributed by atoms with Crippen molar-refractivity contribution in [3.63, 3.8) is 0 Å². The summed E-state index contributed by atoms with van der Waals surface area (Å²) < 4.78 is 65.9. The molecule has 1 heterocycles. The number of hydrogen-bond donors (Lipinski definition) is 0. The summed E-state index contributed by atoms with van der Waals surface area (Å²) in [6, 6.07) is 7.10. The standard InChI is InChI=1S/C14H14F3S.BrO3/c1-9-5-6-12-11(7-9)8-13(10-3-2-4-10)18(12)14(15,16)17;2-1(3)4/h5-8,10H,2-4H2,1H3;/q+1;-1. The third kappa shape index (κ3) is 3.99. The molecule has 8 heteroatoms. The van der Waals surface area contributed by atoms with Crippen LogP contribution in [-0.2, 0) is 5.51 Å². The molecule has 0 N–H and O–H groups in total. The molecule has 0 amide bonds. The van der Waals surface area contributed by atoms with E-state index in [1.807, 2.05) is 13.0 Å². The number of alkyl halides is 3. The highest BCUT2D eigenvalue weighted by atomic mass is 80.0. The maximum absolute atomic E-state index is 13.3. The van der Waals surface area contributed by atoms with Crippen LogP contribution >= 0.6 is 10.5 Å². The zero-order valence-electron chi connectivity index (χ0n) is 11.7. The van der Waals surface area contributed by atoms with E-state index in [4.69, 9.17) is 12.6 Å². The molecule has 22 heavy (non-hydrogen) atoms. The molecule has 122 valence electrons. The van der Waals surface area contributed by atoms with Crippen molar-refractivity contribution in [2.75, 3.05) is 0 Å². The van der Waals surface area contributed by atoms with Gasteiger partial charge in [-0.05, 0) is 31.9 Å². The van der Waals surface area contributed by atoms with Gasteiger partial charge in [0.15, 0.2) is 9.58 Å². The molecule has 1 unspecified atom stereocenters. The topological polar surface area (TPSA) is 69.2 Å². The third-order valence-corrected chi connectivity index (χ3v) is 5.85. The Hall–Kier alpha value is -0.670. The molecular weight excluding hydrogens is 385 g/mol. The Labute approximate surface area is 133 Å². The van der Waals surface area contributed by atoms with Gasteiger partial charge in [0, 0.05) is 17.4 Å². The number of halogens is 4. The first-order valence-corrected chi connectivity index (χ1v) is 9.73. The molecule has 0 bridgehead atoms. The summed E-state index contributed by atoms with van der Waals surface area (Å²) in [5, 5.41) is 0.776. The van der Waals surface area contributed by atoms with E-state index < -0.39 is 30.8 Å². The van der Waals surface area contributed by atoms with Crippen LogP contribution in [0.3, 0.4) is 0 Å². The third-order valence-electron chi connectivity index (χ3n) is 3.66. The lowest BCUT2D eigenvalue weighted by Gasteiger charge is -2.21. The number of hydrogen-bond acceptors (Lipinski definition) is 3. The Bertz CT molecular complexity index is 648. The second-order valence-electron chi connectivity index (χ2n) is 5.16. The van der Waals surface area contributed by atoms with Gasteiger partial charge in [0.2, 0.25) is 14.8 Å². The van der Waals surface area contributed by atoms with Crippen LogP contribution in [0.4, 0.5) is 13.2 Å². The zero-order valence-corrected chi connectivity index (χ0v) is 14.1. The fraction of sp³-hybridized carbons (Fsp3) is 0.429. The first kappa shape index (κ1) is 17.7. The predicted octanol–water partition coefficient (Wildman–Crippen LogP) is 2.07. The Kier molecular flexibility index (Phi) is 5.50. The molecule has 1 saturated carbocycles. The van der Waals surface area contributed by atoms with E-state index in [-0.39, 0.29) is 5.92 Å². The number of aryl methyl sites for hydroxylation is 1. The van der Waals surface area contributed by atoms with Gasteiger partial charge < -0.3 is 12.6 Å². The Morgan fingerprint density at radius 2 is 1.73 bits per heavy atom. The van der Waals surface area contributed by atoms with Gasteiger partial charge in [-0.2, -0.15) is 0 Å². The summed E-state index contributed by atoms with van der Waals surface area (Å²) in [7, 11) is -1.68. The van der Waals surface area contributed by atoms with Crippen LogP contribution in [0.15, 0.2) is 24.3 Å². The number of fused-ring (bicyclic) bond motifs is 1. The van der Waals surface area contributed by atoms with E-state index >= 15 is 0 Å². The van der Waals surface area contributed by atoms with Crippen LogP contribution in [0.5, 0.6) is 0 Å². The Balaban J connectivity index is 0.000000396. The second-order valence-corrected chi connectivity index (χ2v) is 7.94. The number of rotatable bonds is 1. The normalized spacial score (nSPS) is 16.5. The summed E-state index contributed by atoms with van der Waals surface area (Å²) in [6.45, 7) is 1.92. The molecule has 0 spiro atoms. The molecule has 0 aliphatic heterocycles. The maximum Gasteiger partial charge on any atom is 0.600 e. The SMILES string of the molecule is Cc1ccc2c(c1)cc(C1CCC1)[s+]2C(F)(F)F.[O-][Br+2]([O-])[O-]. The molecule has 1 aliphatic carbocycles. The maximum atomic E-state index is 13.3. The lowest BCUT2D eigenvalue weighted by molar-refractivity contribution is -1.73. The summed E-state index contributed by atoms with van der Waals surface area (Å²) in [5.41, 5.74) is -3.12. The van der Waals surface area contributed by atoms with E-state index in [1.54, 1.807) is 18.2 Å². The molecule has 1 aliphatic rings. The van der Waals surface area contributed by atoms with Crippen molar-refractivity contribution in [3.8, 4) is 0 Å². The summed E-state index contributed by atoms with van der Waals surface area (Å²) in [5.74, 6) is 0.155. The smallest absolute Gasteiger partial charge is 0.405 e. The van der Waals surface area contributed by atoms with Gasteiger partial charge in [0.25, 0.3) is 0 Å². The molecule has 3 nitrogen and oxygen atoms in total. The minimum absolute atomic E-state index is 0.155. The van der Waals surface area contributed by atoms with Gasteiger partial charge in [-0.3, -0.25) is 0 Å². The van der Waals surface area contributed by atoms with Crippen LogP contribution in [0.25, 0.3) is 10.1 Å². The van der Waals surface area contributed by atoms with Crippen molar-refractivity contribution >= 4 is 20.6 Å². The van der Waals surface area contributed by atoms with Gasteiger partial charge in [-0.15, -0.1) is 13.2 Å². The van der Waals surface area contributed by atoms with Gasteiger partial charge in [0.05, 0.1) is 10.5 Å². The quantitative estimate of drug-likeness (QED) is 0.690. The van der Waals surface area contributed by atoms with Crippen molar-refractivity contribution in [3.05, 3.63) is 34.7 Å². The van der Waals surface area contributed by atoms with Crippen molar-refractivity contribution < 1.29 is 40.6 Å². The van der Waals surface area contributed by atoms with Gasteiger partial charge in [-0.1, -0.05) is 18.1 Å². The second kappa shape index (κ2) is 6.84. The van der Waals surface area contributed by atoms with E-state index in [1.165, 1.54) is 0 Å². The Morgan fingerprint density at radius 3 is 2.18 bits per heavy atom. The van der Waals surface area contributed by atoms with Crippen molar-refractivity contribution in [1.29, 1.82) is 0 Å². The minimum Gasteiger partial charge on any atom is -0.405 e. The molecule has 2 aromatic rings. The molecule has 0 radical (unpaired) electrons. The molecule has 0 saturated heterocycles. The van der Waals surface area contributed by atoms with Gasteiger partial charge in [0.1, 0.15) is 0 Å². The van der Waals surface area contributed by atoms with E-state index in [0.29, 0.717) is 9.58 Å². The van der Waals surface area contributed by atoms with Crippen LogP contribution in [0, 0.1) is 21.7 Å². The molecule has 1 atom stereocenters. The monoisotopic (exact) mass is 398 g/mol. The number of benzene rings is 1. The highest BCUT2D eigenvalue weighted by Crippen LogP contribution is 2.56. The van der Waals surface area contributed by atoms with Gasteiger partial charge >= 0.3 is 5.51 Å². The van der Waals surface area contributed by atoms with Crippen molar-refractivity contribution in [2.24, 2.45) is 0 Å². The molecule has 1 aromatic carbocycles. The molecule has 1 fully saturated rings. The average molecular weight is 399 g/mol. The summed E-state index contributed by atoms with van der Waals surface area (Å²) in [4.78, 5) is 0.620. The Morgan fingerprint density at radius 1 is 1.14 bits per heavy atom.